The van der Waals surface area contributed by atoms with Gasteiger partial charge < -0.3 is 10.2 Å². The fourth-order valence-electron chi connectivity index (χ4n) is 5.09. The van der Waals surface area contributed by atoms with E-state index in [1.807, 2.05) is 0 Å². The SMILES string of the molecule is Cc1c(Cl)cccc1N(CC(=O)N(Cc1ccc(Cl)c(Cl)c1)C(C)C(=O)NC1CCCCC1)S(=O)(=O)c1ccccc1. The molecule has 11 heteroatoms. The van der Waals surface area contributed by atoms with Gasteiger partial charge in [-0.1, -0.05) is 84.4 Å². The minimum Gasteiger partial charge on any atom is -0.352 e. The zero-order valence-corrected chi connectivity index (χ0v) is 26.6. The molecule has 0 aromatic heterocycles. The lowest BCUT2D eigenvalue weighted by Crippen LogP contribution is -2.53. The predicted molar refractivity (Wildman–Crippen MR) is 169 cm³/mol. The number of anilines is 1. The van der Waals surface area contributed by atoms with Gasteiger partial charge in [0.05, 0.1) is 20.6 Å². The van der Waals surface area contributed by atoms with E-state index in [2.05, 4.69) is 5.32 Å². The molecule has 4 rings (SSSR count). The third kappa shape index (κ3) is 7.59. The van der Waals surface area contributed by atoms with E-state index in [-0.39, 0.29) is 29.1 Å². The average Bonchev–Trinajstić information content (AvgIpc) is 2.98. The number of carbonyl (C=O) groups excluding carboxylic acids is 2. The number of hydrogen-bond acceptors (Lipinski definition) is 4. The number of halogens is 3. The van der Waals surface area contributed by atoms with Gasteiger partial charge >= 0.3 is 0 Å². The number of hydrogen-bond donors (Lipinski definition) is 1. The summed E-state index contributed by atoms with van der Waals surface area (Å²) in [4.78, 5) is 29.0. The van der Waals surface area contributed by atoms with E-state index in [1.165, 1.54) is 17.0 Å². The van der Waals surface area contributed by atoms with Crippen molar-refractivity contribution >= 4 is 62.3 Å². The van der Waals surface area contributed by atoms with Gasteiger partial charge in [-0.25, -0.2) is 8.42 Å². The molecule has 1 unspecified atom stereocenters. The van der Waals surface area contributed by atoms with Crippen molar-refractivity contribution in [2.45, 2.75) is 69.5 Å². The second kappa shape index (κ2) is 14.1. The number of nitrogens with one attached hydrogen (secondary N) is 1. The van der Waals surface area contributed by atoms with Crippen LogP contribution in [0.1, 0.15) is 50.2 Å². The van der Waals surface area contributed by atoms with Crippen LogP contribution in [0.2, 0.25) is 15.1 Å². The van der Waals surface area contributed by atoms with Crippen LogP contribution in [0.3, 0.4) is 0 Å². The van der Waals surface area contributed by atoms with Crippen molar-refractivity contribution in [3.05, 3.63) is 92.9 Å². The summed E-state index contributed by atoms with van der Waals surface area (Å²) in [5.74, 6) is -0.863. The molecule has 1 atom stereocenters. The lowest BCUT2D eigenvalue weighted by atomic mass is 9.95. The molecule has 0 saturated heterocycles. The van der Waals surface area contributed by atoms with E-state index in [0.29, 0.717) is 26.2 Å². The van der Waals surface area contributed by atoms with Gasteiger partial charge in [-0.15, -0.1) is 0 Å². The monoisotopic (exact) mass is 649 g/mol. The third-order valence-electron chi connectivity index (χ3n) is 7.57. The van der Waals surface area contributed by atoms with Gasteiger partial charge in [0.2, 0.25) is 11.8 Å². The van der Waals surface area contributed by atoms with Crippen molar-refractivity contribution in [1.29, 1.82) is 0 Å². The van der Waals surface area contributed by atoms with Crippen LogP contribution >= 0.6 is 34.8 Å². The first-order valence-corrected chi connectivity index (χ1v) is 16.4. The van der Waals surface area contributed by atoms with Gasteiger partial charge in [-0.3, -0.25) is 13.9 Å². The molecule has 0 bridgehead atoms. The number of carbonyl (C=O) groups is 2. The van der Waals surface area contributed by atoms with E-state index in [1.54, 1.807) is 68.4 Å². The summed E-state index contributed by atoms with van der Waals surface area (Å²) in [5, 5.41) is 4.12. The summed E-state index contributed by atoms with van der Waals surface area (Å²) in [6.07, 6.45) is 4.98. The number of amides is 2. The smallest absolute Gasteiger partial charge is 0.264 e. The van der Waals surface area contributed by atoms with Crippen molar-refractivity contribution in [2.75, 3.05) is 10.8 Å². The molecular weight excluding hydrogens is 617 g/mol. The fourth-order valence-corrected chi connectivity index (χ4v) is 7.07. The Labute approximate surface area is 262 Å². The van der Waals surface area contributed by atoms with Crippen molar-refractivity contribution in [3.8, 4) is 0 Å². The Hall–Kier alpha value is -2.78. The average molecular weight is 651 g/mol. The van der Waals surface area contributed by atoms with Crippen LogP contribution in [0.5, 0.6) is 0 Å². The maximum atomic E-state index is 14.1. The molecule has 1 aliphatic rings. The Morgan fingerprint density at radius 1 is 0.905 bits per heavy atom. The highest BCUT2D eigenvalue weighted by Gasteiger charge is 2.34. The van der Waals surface area contributed by atoms with E-state index in [9.17, 15) is 18.0 Å². The summed E-state index contributed by atoms with van der Waals surface area (Å²) in [7, 11) is -4.19. The number of benzene rings is 3. The Balaban J connectivity index is 1.71. The normalized spacial score (nSPS) is 14.7. The quantitative estimate of drug-likeness (QED) is 0.256. The first kappa shape index (κ1) is 32.1. The third-order valence-corrected chi connectivity index (χ3v) is 10.5. The minimum absolute atomic E-state index is 0.0166. The summed E-state index contributed by atoms with van der Waals surface area (Å²) in [6, 6.07) is 16.9. The molecule has 3 aromatic rings. The maximum Gasteiger partial charge on any atom is 0.264 e. The van der Waals surface area contributed by atoms with Crippen LogP contribution in [-0.2, 0) is 26.2 Å². The lowest BCUT2D eigenvalue weighted by Gasteiger charge is -2.33. The summed E-state index contributed by atoms with van der Waals surface area (Å²) in [5.41, 5.74) is 1.42. The van der Waals surface area contributed by atoms with Gasteiger partial charge in [0.15, 0.2) is 0 Å². The van der Waals surface area contributed by atoms with Gasteiger partial charge in [0.25, 0.3) is 10.0 Å². The molecule has 1 fully saturated rings. The Bertz CT molecular complexity index is 1530. The van der Waals surface area contributed by atoms with Crippen molar-refractivity contribution in [3.63, 3.8) is 0 Å². The molecule has 0 spiro atoms. The lowest BCUT2D eigenvalue weighted by molar-refractivity contribution is -0.139. The number of sulfonamides is 1. The van der Waals surface area contributed by atoms with Crippen LogP contribution in [0.15, 0.2) is 71.6 Å². The van der Waals surface area contributed by atoms with E-state index in [0.717, 1.165) is 36.4 Å². The number of rotatable bonds is 10. The molecule has 1 aliphatic carbocycles. The molecule has 0 heterocycles. The molecule has 224 valence electrons. The van der Waals surface area contributed by atoms with Crippen molar-refractivity contribution in [1.82, 2.24) is 10.2 Å². The van der Waals surface area contributed by atoms with Crippen LogP contribution in [0.25, 0.3) is 0 Å². The van der Waals surface area contributed by atoms with Gasteiger partial charge in [-0.2, -0.15) is 0 Å². The molecular formula is C31H34Cl3N3O4S. The summed E-state index contributed by atoms with van der Waals surface area (Å²) >= 11 is 18.7. The maximum absolute atomic E-state index is 14.1. The molecule has 3 aromatic carbocycles. The van der Waals surface area contributed by atoms with Gasteiger partial charge in [0, 0.05) is 17.6 Å². The highest BCUT2D eigenvalue weighted by molar-refractivity contribution is 7.92. The second-order valence-corrected chi connectivity index (χ2v) is 13.6. The second-order valence-electron chi connectivity index (χ2n) is 10.5. The Morgan fingerprint density at radius 3 is 2.26 bits per heavy atom. The Kier molecular flexibility index (Phi) is 10.8. The fraction of sp³-hybridized carbons (Fsp3) is 0.355. The van der Waals surface area contributed by atoms with Crippen molar-refractivity contribution in [2.24, 2.45) is 0 Å². The molecule has 7 nitrogen and oxygen atoms in total. The standard InChI is InChI=1S/C31H34Cl3N3O4S/c1-21-26(32)14-9-15-29(21)37(42(40,41)25-12-7-4-8-13-25)20-30(38)36(19-23-16-17-27(33)28(34)18-23)22(2)31(39)35-24-10-5-3-6-11-24/h4,7-9,12-18,22,24H,3,5-6,10-11,19-20H2,1-2H3,(H,35,39). The summed E-state index contributed by atoms with van der Waals surface area (Å²) < 4.78 is 29.0. The summed E-state index contributed by atoms with van der Waals surface area (Å²) in [6.45, 7) is 2.81. The molecule has 1 saturated carbocycles. The molecule has 2 amide bonds. The first-order chi connectivity index (χ1) is 20.0. The van der Waals surface area contributed by atoms with Crippen LogP contribution in [0.4, 0.5) is 5.69 Å². The predicted octanol–water partition coefficient (Wildman–Crippen LogP) is 7.02. The molecule has 1 N–H and O–H groups in total. The van der Waals surface area contributed by atoms with Crippen LogP contribution < -0.4 is 9.62 Å². The van der Waals surface area contributed by atoms with Crippen LogP contribution in [0, 0.1) is 6.92 Å². The highest BCUT2D eigenvalue weighted by Crippen LogP contribution is 2.31. The van der Waals surface area contributed by atoms with Gasteiger partial charge in [-0.05, 0) is 74.2 Å². The number of nitrogens with zero attached hydrogens (tertiary/aromatic N) is 2. The minimum atomic E-state index is -4.19. The topological polar surface area (TPSA) is 86.8 Å². The first-order valence-electron chi connectivity index (χ1n) is 13.9. The largest absolute Gasteiger partial charge is 0.352 e. The van der Waals surface area contributed by atoms with Crippen LogP contribution in [-0.4, -0.2) is 43.8 Å². The Morgan fingerprint density at radius 2 is 1.60 bits per heavy atom. The van der Waals surface area contributed by atoms with E-state index < -0.39 is 28.5 Å². The van der Waals surface area contributed by atoms with Gasteiger partial charge in [0.1, 0.15) is 12.6 Å². The molecule has 0 radical (unpaired) electrons. The molecule has 42 heavy (non-hydrogen) atoms. The van der Waals surface area contributed by atoms with E-state index >= 15 is 0 Å². The zero-order valence-electron chi connectivity index (χ0n) is 23.5. The van der Waals surface area contributed by atoms with E-state index in [4.69, 9.17) is 34.8 Å². The highest BCUT2D eigenvalue weighted by atomic mass is 35.5. The molecule has 0 aliphatic heterocycles. The van der Waals surface area contributed by atoms with Crippen molar-refractivity contribution < 1.29 is 18.0 Å². The zero-order chi connectivity index (χ0) is 30.4.